The van der Waals surface area contributed by atoms with Crippen LogP contribution in [-0.4, -0.2) is 18.8 Å². The van der Waals surface area contributed by atoms with Gasteiger partial charge in [0.1, 0.15) is 0 Å². The fraction of sp³-hybridized carbons (Fsp3) is 0.647. The van der Waals surface area contributed by atoms with Gasteiger partial charge in [-0.05, 0) is 55.1 Å². The number of benzene rings is 1. The lowest BCUT2D eigenvalue weighted by Gasteiger charge is -2.30. The lowest BCUT2D eigenvalue weighted by atomic mass is 9.78. The SMILES string of the molecule is CC1CCOC1C(N)CC1CCCc2ccccc21. The molecule has 1 saturated heterocycles. The van der Waals surface area contributed by atoms with E-state index < -0.39 is 0 Å². The van der Waals surface area contributed by atoms with E-state index >= 15 is 0 Å². The van der Waals surface area contributed by atoms with Gasteiger partial charge in [-0.2, -0.15) is 0 Å². The van der Waals surface area contributed by atoms with Crippen LogP contribution in [0.25, 0.3) is 0 Å². The van der Waals surface area contributed by atoms with Crippen LogP contribution in [0.5, 0.6) is 0 Å². The largest absolute Gasteiger partial charge is 0.376 e. The molecule has 0 saturated carbocycles. The topological polar surface area (TPSA) is 35.2 Å². The van der Waals surface area contributed by atoms with Crippen LogP contribution in [0.2, 0.25) is 0 Å². The molecule has 1 aromatic carbocycles. The second kappa shape index (κ2) is 5.64. The Hall–Kier alpha value is -0.860. The Bertz CT molecular complexity index is 431. The molecule has 2 aliphatic rings. The van der Waals surface area contributed by atoms with Crippen molar-refractivity contribution in [2.24, 2.45) is 11.7 Å². The van der Waals surface area contributed by atoms with Crippen molar-refractivity contribution in [3.63, 3.8) is 0 Å². The summed E-state index contributed by atoms with van der Waals surface area (Å²) in [5.74, 6) is 1.25. The van der Waals surface area contributed by atoms with Crippen LogP contribution in [-0.2, 0) is 11.2 Å². The highest BCUT2D eigenvalue weighted by molar-refractivity contribution is 5.32. The molecule has 2 nitrogen and oxygen atoms in total. The summed E-state index contributed by atoms with van der Waals surface area (Å²) in [5, 5.41) is 0. The fourth-order valence-electron chi connectivity index (χ4n) is 3.83. The van der Waals surface area contributed by atoms with Crippen LogP contribution >= 0.6 is 0 Å². The minimum Gasteiger partial charge on any atom is -0.376 e. The average molecular weight is 259 g/mol. The van der Waals surface area contributed by atoms with Crippen molar-refractivity contribution in [3.05, 3.63) is 35.4 Å². The number of rotatable bonds is 3. The normalized spacial score (nSPS) is 32.0. The van der Waals surface area contributed by atoms with Gasteiger partial charge in [-0.1, -0.05) is 31.2 Å². The third-order valence-corrected chi connectivity index (χ3v) is 4.92. The molecular formula is C17H25NO. The van der Waals surface area contributed by atoms with Crippen molar-refractivity contribution >= 4 is 0 Å². The molecular weight excluding hydrogens is 234 g/mol. The third kappa shape index (κ3) is 2.70. The van der Waals surface area contributed by atoms with Crippen molar-refractivity contribution in [2.75, 3.05) is 6.61 Å². The Labute approximate surface area is 116 Å². The van der Waals surface area contributed by atoms with Gasteiger partial charge in [-0.25, -0.2) is 0 Å². The maximum atomic E-state index is 6.43. The molecule has 0 amide bonds. The van der Waals surface area contributed by atoms with Crippen molar-refractivity contribution in [1.29, 1.82) is 0 Å². The number of hydrogen-bond donors (Lipinski definition) is 1. The summed E-state index contributed by atoms with van der Waals surface area (Å²) in [5.41, 5.74) is 9.50. The van der Waals surface area contributed by atoms with Crippen LogP contribution in [0.3, 0.4) is 0 Å². The zero-order valence-corrected chi connectivity index (χ0v) is 11.8. The van der Waals surface area contributed by atoms with Crippen LogP contribution in [0.1, 0.15) is 49.7 Å². The second-order valence-electron chi connectivity index (χ2n) is 6.29. The van der Waals surface area contributed by atoms with E-state index in [1.54, 1.807) is 0 Å². The van der Waals surface area contributed by atoms with E-state index in [4.69, 9.17) is 10.5 Å². The number of hydrogen-bond acceptors (Lipinski definition) is 2. The van der Waals surface area contributed by atoms with Gasteiger partial charge in [0.25, 0.3) is 0 Å². The molecule has 0 spiro atoms. The van der Waals surface area contributed by atoms with Gasteiger partial charge in [0.2, 0.25) is 0 Å². The van der Waals surface area contributed by atoms with E-state index in [1.165, 1.54) is 36.8 Å². The summed E-state index contributed by atoms with van der Waals surface area (Å²) in [7, 11) is 0. The van der Waals surface area contributed by atoms with E-state index in [9.17, 15) is 0 Å². The molecule has 2 N–H and O–H groups in total. The Kier molecular flexibility index (Phi) is 3.90. The summed E-state index contributed by atoms with van der Waals surface area (Å²) in [6.07, 6.45) is 6.33. The summed E-state index contributed by atoms with van der Waals surface area (Å²) in [6.45, 7) is 3.16. The van der Waals surface area contributed by atoms with Gasteiger partial charge in [0.15, 0.2) is 0 Å². The molecule has 1 aliphatic carbocycles. The molecule has 1 aliphatic heterocycles. The first-order valence-electron chi connectivity index (χ1n) is 7.70. The molecule has 3 rings (SSSR count). The molecule has 19 heavy (non-hydrogen) atoms. The van der Waals surface area contributed by atoms with Gasteiger partial charge < -0.3 is 10.5 Å². The standard InChI is InChI=1S/C17H25NO/c1-12-9-10-19-17(12)16(18)11-14-7-4-6-13-5-2-3-8-15(13)14/h2-3,5,8,12,14,16-17H,4,6-7,9-11,18H2,1H3. The molecule has 1 heterocycles. The smallest absolute Gasteiger partial charge is 0.0752 e. The van der Waals surface area contributed by atoms with E-state index in [2.05, 4.69) is 31.2 Å². The average Bonchev–Trinajstić information content (AvgIpc) is 2.85. The lowest BCUT2D eigenvalue weighted by molar-refractivity contribution is 0.0675. The van der Waals surface area contributed by atoms with E-state index in [-0.39, 0.29) is 12.1 Å². The van der Waals surface area contributed by atoms with Crippen LogP contribution in [0.15, 0.2) is 24.3 Å². The lowest BCUT2D eigenvalue weighted by Crippen LogP contribution is -2.39. The molecule has 1 fully saturated rings. The Morgan fingerprint density at radius 3 is 2.95 bits per heavy atom. The van der Waals surface area contributed by atoms with Crippen molar-refractivity contribution < 1.29 is 4.74 Å². The first-order chi connectivity index (χ1) is 9.25. The summed E-state index contributed by atoms with van der Waals surface area (Å²) >= 11 is 0. The first kappa shape index (κ1) is 13.1. The Morgan fingerprint density at radius 2 is 2.16 bits per heavy atom. The van der Waals surface area contributed by atoms with Gasteiger partial charge in [-0.3, -0.25) is 0 Å². The van der Waals surface area contributed by atoms with Gasteiger partial charge in [-0.15, -0.1) is 0 Å². The monoisotopic (exact) mass is 259 g/mol. The molecule has 104 valence electrons. The minimum absolute atomic E-state index is 0.189. The van der Waals surface area contributed by atoms with E-state index in [0.29, 0.717) is 11.8 Å². The molecule has 2 heteroatoms. The van der Waals surface area contributed by atoms with E-state index in [0.717, 1.165) is 13.0 Å². The molecule has 1 aromatic rings. The van der Waals surface area contributed by atoms with Crippen LogP contribution < -0.4 is 5.73 Å². The second-order valence-corrected chi connectivity index (χ2v) is 6.29. The van der Waals surface area contributed by atoms with E-state index in [1.807, 2.05) is 0 Å². The minimum atomic E-state index is 0.189. The number of fused-ring (bicyclic) bond motifs is 1. The predicted molar refractivity (Wildman–Crippen MR) is 78.2 cm³/mol. The van der Waals surface area contributed by atoms with Crippen molar-refractivity contribution in [3.8, 4) is 0 Å². The summed E-state index contributed by atoms with van der Waals surface area (Å²) in [4.78, 5) is 0. The number of ether oxygens (including phenoxy) is 1. The van der Waals surface area contributed by atoms with Crippen molar-refractivity contribution in [2.45, 2.75) is 57.1 Å². The summed E-state index contributed by atoms with van der Waals surface area (Å²) in [6, 6.07) is 9.08. The van der Waals surface area contributed by atoms with Crippen LogP contribution in [0.4, 0.5) is 0 Å². The van der Waals surface area contributed by atoms with Crippen molar-refractivity contribution in [1.82, 2.24) is 0 Å². The highest BCUT2D eigenvalue weighted by Crippen LogP contribution is 2.36. The van der Waals surface area contributed by atoms with Gasteiger partial charge >= 0.3 is 0 Å². The third-order valence-electron chi connectivity index (χ3n) is 4.92. The Morgan fingerprint density at radius 1 is 1.32 bits per heavy atom. The van der Waals surface area contributed by atoms with Crippen LogP contribution in [0, 0.1) is 5.92 Å². The molecule has 0 radical (unpaired) electrons. The number of nitrogens with two attached hydrogens (primary N) is 1. The highest BCUT2D eigenvalue weighted by atomic mass is 16.5. The molecule has 0 aromatic heterocycles. The predicted octanol–water partition coefficient (Wildman–Crippen LogP) is 3.25. The first-order valence-corrected chi connectivity index (χ1v) is 7.70. The zero-order valence-electron chi connectivity index (χ0n) is 11.8. The molecule has 0 bridgehead atoms. The number of aryl methyl sites for hydroxylation is 1. The van der Waals surface area contributed by atoms with Gasteiger partial charge in [0.05, 0.1) is 6.10 Å². The maximum Gasteiger partial charge on any atom is 0.0752 e. The molecule has 4 atom stereocenters. The van der Waals surface area contributed by atoms with Gasteiger partial charge in [0, 0.05) is 12.6 Å². The summed E-state index contributed by atoms with van der Waals surface area (Å²) < 4.78 is 5.83. The maximum absolute atomic E-state index is 6.43. The fourth-order valence-corrected chi connectivity index (χ4v) is 3.83. The highest BCUT2D eigenvalue weighted by Gasteiger charge is 2.32. The molecule has 4 unspecified atom stereocenters. The quantitative estimate of drug-likeness (QED) is 0.904. The Balaban J connectivity index is 1.70. The zero-order chi connectivity index (χ0) is 13.2.